The third kappa shape index (κ3) is 8.07. The lowest BCUT2D eigenvalue weighted by Gasteiger charge is -2.26. The van der Waals surface area contributed by atoms with Crippen molar-refractivity contribution in [2.24, 2.45) is 0 Å². The Bertz CT molecular complexity index is 1200. The molecule has 200 valence electrons. The molecule has 0 spiro atoms. The van der Waals surface area contributed by atoms with E-state index in [9.17, 15) is 9.59 Å². The van der Waals surface area contributed by atoms with Gasteiger partial charge in [-0.05, 0) is 73.3 Å². The number of carbonyl (C=O) groups excluding carboxylic acids is 2. The van der Waals surface area contributed by atoms with E-state index in [1.54, 1.807) is 6.07 Å². The average Bonchev–Trinajstić information content (AvgIpc) is 2.93. The number of para-hydroxylation sites is 1. The zero-order valence-corrected chi connectivity index (χ0v) is 22.5. The summed E-state index contributed by atoms with van der Waals surface area (Å²) >= 11 is 6.25. The zero-order chi connectivity index (χ0) is 26.6. The Hall–Kier alpha value is -3.35. The molecule has 6 nitrogen and oxygen atoms in total. The second-order valence-corrected chi connectivity index (χ2v) is 9.94. The smallest absolute Gasteiger partial charge is 0.264 e. The fourth-order valence-electron chi connectivity index (χ4n) is 4.64. The Morgan fingerprint density at radius 3 is 2.53 bits per heavy atom. The quantitative estimate of drug-likeness (QED) is 0.404. The Balaban J connectivity index is 1.49. The molecule has 1 aliphatic heterocycles. The normalized spacial score (nSPS) is 14.5. The number of benzene rings is 3. The highest BCUT2D eigenvalue weighted by molar-refractivity contribution is 6.31. The number of hydrogen-bond acceptors (Lipinski definition) is 4. The standard InChI is InChI=1S/C31H36ClN3O3/c32-28-14-8-7-11-24(28)17-19-34-31(37)25-15-16-29-26(21-25)22-33-18-9-2-1-3-10-20-35(29)30(36)23-38-27-12-5-4-6-13-27/h4-8,11-16,21,33H,1-3,9-10,17-20,22-23H2,(H,34,37). The number of hydrogen-bond donors (Lipinski definition) is 2. The van der Waals surface area contributed by atoms with Crippen LogP contribution in [0.4, 0.5) is 5.69 Å². The highest BCUT2D eigenvalue weighted by Gasteiger charge is 2.21. The van der Waals surface area contributed by atoms with Crippen molar-refractivity contribution in [1.82, 2.24) is 10.6 Å². The van der Waals surface area contributed by atoms with Crippen LogP contribution in [-0.2, 0) is 17.8 Å². The predicted molar refractivity (Wildman–Crippen MR) is 153 cm³/mol. The van der Waals surface area contributed by atoms with Crippen LogP contribution >= 0.6 is 11.6 Å². The van der Waals surface area contributed by atoms with Crippen LogP contribution < -0.4 is 20.3 Å². The summed E-state index contributed by atoms with van der Waals surface area (Å²) in [6, 6.07) is 22.6. The van der Waals surface area contributed by atoms with Gasteiger partial charge in [-0.3, -0.25) is 9.59 Å². The molecule has 0 aliphatic carbocycles. The fourth-order valence-corrected chi connectivity index (χ4v) is 4.87. The van der Waals surface area contributed by atoms with Crippen molar-refractivity contribution in [3.63, 3.8) is 0 Å². The summed E-state index contributed by atoms with van der Waals surface area (Å²) in [5.41, 5.74) is 3.33. The molecule has 1 heterocycles. The molecule has 0 bridgehead atoms. The van der Waals surface area contributed by atoms with Gasteiger partial charge in [0.25, 0.3) is 11.8 Å². The largest absolute Gasteiger partial charge is 0.484 e. The predicted octanol–water partition coefficient (Wildman–Crippen LogP) is 5.78. The summed E-state index contributed by atoms with van der Waals surface area (Å²) in [6.07, 6.45) is 6.09. The average molecular weight is 534 g/mol. The number of anilines is 1. The van der Waals surface area contributed by atoms with Crippen LogP contribution in [0.1, 0.15) is 53.6 Å². The maximum atomic E-state index is 13.4. The van der Waals surface area contributed by atoms with E-state index in [0.29, 0.717) is 42.4 Å². The monoisotopic (exact) mass is 533 g/mol. The second kappa shape index (κ2) is 14.6. The Labute approximate surface area is 230 Å². The minimum atomic E-state index is -0.142. The summed E-state index contributed by atoms with van der Waals surface area (Å²) in [5.74, 6) is 0.432. The first-order chi connectivity index (χ1) is 18.6. The van der Waals surface area contributed by atoms with Gasteiger partial charge in [0.1, 0.15) is 5.75 Å². The van der Waals surface area contributed by atoms with Crippen LogP contribution in [0.25, 0.3) is 0 Å². The highest BCUT2D eigenvalue weighted by Crippen LogP contribution is 2.25. The van der Waals surface area contributed by atoms with E-state index >= 15 is 0 Å². The molecule has 4 rings (SSSR count). The lowest BCUT2D eigenvalue weighted by Crippen LogP contribution is -2.37. The molecule has 3 aromatic rings. The Kier molecular flexibility index (Phi) is 10.6. The SMILES string of the molecule is O=C(NCCc1ccccc1Cl)c1ccc2c(c1)CNCCCCCCCN2C(=O)COc1ccccc1. The minimum absolute atomic E-state index is 0.0405. The summed E-state index contributed by atoms with van der Waals surface area (Å²) in [7, 11) is 0. The molecule has 38 heavy (non-hydrogen) atoms. The molecule has 0 aromatic heterocycles. The van der Waals surface area contributed by atoms with Crippen LogP contribution in [0.3, 0.4) is 0 Å². The van der Waals surface area contributed by atoms with Crippen molar-refractivity contribution in [3.8, 4) is 5.75 Å². The molecular weight excluding hydrogens is 498 g/mol. The maximum Gasteiger partial charge on any atom is 0.264 e. The third-order valence-corrected chi connectivity index (χ3v) is 7.10. The van der Waals surface area contributed by atoms with Crippen molar-refractivity contribution in [2.45, 2.75) is 45.1 Å². The number of rotatable bonds is 7. The van der Waals surface area contributed by atoms with Gasteiger partial charge in [0, 0.05) is 35.9 Å². The van der Waals surface area contributed by atoms with Crippen LogP contribution in [0.5, 0.6) is 5.75 Å². The van der Waals surface area contributed by atoms with Crippen molar-refractivity contribution < 1.29 is 14.3 Å². The second-order valence-electron chi connectivity index (χ2n) is 9.53. The number of ether oxygens (including phenoxy) is 1. The zero-order valence-electron chi connectivity index (χ0n) is 21.8. The number of halogens is 1. The number of amides is 2. The van der Waals surface area contributed by atoms with E-state index in [4.69, 9.17) is 16.3 Å². The highest BCUT2D eigenvalue weighted by atomic mass is 35.5. The van der Waals surface area contributed by atoms with E-state index in [1.165, 1.54) is 6.42 Å². The Morgan fingerprint density at radius 1 is 0.921 bits per heavy atom. The van der Waals surface area contributed by atoms with Crippen LogP contribution in [0.2, 0.25) is 5.02 Å². The van der Waals surface area contributed by atoms with Crippen molar-refractivity contribution in [1.29, 1.82) is 0 Å². The molecule has 7 heteroatoms. The van der Waals surface area contributed by atoms with E-state index < -0.39 is 0 Å². The molecule has 1 aliphatic rings. The molecule has 0 atom stereocenters. The topological polar surface area (TPSA) is 70.7 Å². The number of carbonyl (C=O) groups is 2. The van der Waals surface area contributed by atoms with Gasteiger partial charge in [-0.15, -0.1) is 0 Å². The first-order valence-corrected chi connectivity index (χ1v) is 13.8. The maximum absolute atomic E-state index is 13.4. The van der Waals surface area contributed by atoms with Gasteiger partial charge in [0.05, 0.1) is 0 Å². The molecule has 0 unspecified atom stereocenters. The van der Waals surface area contributed by atoms with Gasteiger partial charge in [0.15, 0.2) is 6.61 Å². The summed E-state index contributed by atoms with van der Waals surface area (Å²) < 4.78 is 5.78. The van der Waals surface area contributed by atoms with Gasteiger partial charge in [0.2, 0.25) is 0 Å². The van der Waals surface area contributed by atoms with E-state index in [1.807, 2.05) is 71.6 Å². The molecule has 0 fully saturated rings. The van der Waals surface area contributed by atoms with Gasteiger partial charge in [-0.25, -0.2) is 0 Å². The van der Waals surface area contributed by atoms with Crippen LogP contribution in [0, 0.1) is 0 Å². The number of nitrogens with one attached hydrogen (secondary N) is 2. The molecule has 0 saturated heterocycles. The summed E-state index contributed by atoms with van der Waals surface area (Å²) in [4.78, 5) is 28.2. The number of fused-ring (bicyclic) bond motifs is 1. The van der Waals surface area contributed by atoms with E-state index in [-0.39, 0.29) is 18.4 Å². The summed E-state index contributed by atoms with van der Waals surface area (Å²) in [5, 5.41) is 7.20. The minimum Gasteiger partial charge on any atom is -0.484 e. The van der Waals surface area contributed by atoms with Gasteiger partial charge in [-0.1, -0.05) is 67.3 Å². The van der Waals surface area contributed by atoms with Crippen LogP contribution in [0.15, 0.2) is 72.8 Å². The van der Waals surface area contributed by atoms with E-state index in [0.717, 1.165) is 49.0 Å². The lowest BCUT2D eigenvalue weighted by molar-refractivity contribution is -0.120. The third-order valence-electron chi connectivity index (χ3n) is 6.73. The van der Waals surface area contributed by atoms with Crippen molar-refractivity contribution in [3.05, 3.63) is 94.5 Å². The van der Waals surface area contributed by atoms with Gasteiger partial charge in [-0.2, -0.15) is 0 Å². The van der Waals surface area contributed by atoms with Crippen molar-refractivity contribution >= 4 is 29.1 Å². The Morgan fingerprint density at radius 2 is 1.68 bits per heavy atom. The van der Waals surface area contributed by atoms with Crippen molar-refractivity contribution in [2.75, 3.05) is 31.1 Å². The summed E-state index contributed by atoms with van der Waals surface area (Å²) in [6.45, 7) is 2.55. The molecule has 0 saturated carbocycles. The fraction of sp³-hybridized carbons (Fsp3) is 0.355. The van der Waals surface area contributed by atoms with Gasteiger partial charge >= 0.3 is 0 Å². The molecular formula is C31H36ClN3O3. The van der Waals surface area contributed by atoms with Crippen LogP contribution in [-0.4, -0.2) is 38.1 Å². The molecule has 3 aromatic carbocycles. The first kappa shape index (κ1) is 27.7. The van der Waals surface area contributed by atoms with Gasteiger partial charge < -0.3 is 20.3 Å². The first-order valence-electron chi connectivity index (χ1n) is 13.5. The lowest BCUT2D eigenvalue weighted by atomic mass is 10.0. The van der Waals surface area contributed by atoms with E-state index in [2.05, 4.69) is 10.6 Å². The number of nitrogens with zero attached hydrogens (tertiary/aromatic N) is 1. The molecule has 0 radical (unpaired) electrons. The molecule has 2 amide bonds. The molecule has 2 N–H and O–H groups in total.